The van der Waals surface area contributed by atoms with Gasteiger partial charge in [-0.1, -0.05) is 30.4 Å². The number of oxazole rings is 1. The highest BCUT2D eigenvalue weighted by atomic mass is 16.5. The molecular weight excluding hydrogens is 444 g/mol. The van der Waals surface area contributed by atoms with Crippen molar-refractivity contribution in [3.05, 3.63) is 77.1 Å². The SMILES string of the molecule is C/C=C/C=C/C(=O)N1Cc2cc(OCCc3nc(/C=C/C4CC4)oc3C)ccc2C[C@H]1C(=O)OC. The molecule has 7 heteroatoms. The summed E-state index contributed by atoms with van der Waals surface area (Å²) in [5.41, 5.74) is 2.86. The summed E-state index contributed by atoms with van der Waals surface area (Å²) in [5.74, 6) is 2.19. The van der Waals surface area contributed by atoms with Gasteiger partial charge in [0.15, 0.2) is 0 Å². The molecule has 4 rings (SSSR count). The Hall–Kier alpha value is -3.61. The van der Waals surface area contributed by atoms with E-state index in [0.29, 0.717) is 43.6 Å². The van der Waals surface area contributed by atoms with E-state index < -0.39 is 12.0 Å². The second-order valence-electron chi connectivity index (χ2n) is 8.87. The second-order valence-corrected chi connectivity index (χ2v) is 8.87. The Morgan fingerprint density at radius 1 is 1.23 bits per heavy atom. The number of esters is 1. The molecule has 1 saturated carbocycles. The molecule has 0 spiro atoms. The van der Waals surface area contributed by atoms with Gasteiger partial charge in [-0.15, -0.1) is 0 Å². The Balaban J connectivity index is 1.41. The average molecular weight is 477 g/mol. The molecule has 0 saturated heterocycles. The Kier molecular flexibility index (Phi) is 7.85. The topological polar surface area (TPSA) is 81.9 Å². The maximum Gasteiger partial charge on any atom is 0.328 e. The number of allylic oxidation sites excluding steroid dienone is 4. The Bertz CT molecular complexity index is 1160. The van der Waals surface area contributed by atoms with Crippen LogP contribution in [0, 0.1) is 12.8 Å². The Morgan fingerprint density at radius 3 is 2.80 bits per heavy atom. The maximum absolute atomic E-state index is 12.8. The standard InChI is InChI=1S/C28H32N2O5/c1-4-5-6-7-27(31)30-18-22-16-23(12-11-21(22)17-25(30)28(32)33-3)34-15-14-24-19(2)35-26(29-24)13-10-20-8-9-20/h4-7,10-13,16,20,25H,8-9,14-15,17-18H2,1-3H3/b5-4+,7-6+,13-10+/t25-/m0/s1. The quantitative estimate of drug-likeness (QED) is 0.299. The average Bonchev–Trinajstić information content (AvgIpc) is 3.63. The van der Waals surface area contributed by atoms with Crippen LogP contribution >= 0.6 is 0 Å². The van der Waals surface area contributed by atoms with Crippen molar-refractivity contribution in [2.45, 2.75) is 52.1 Å². The first-order valence-corrected chi connectivity index (χ1v) is 12.1. The summed E-state index contributed by atoms with van der Waals surface area (Å²) in [6.45, 7) is 4.56. The fourth-order valence-corrected chi connectivity index (χ4v) is 4.10. The lowest BCUT2D eigenvalue weighted by Gasteiger charge is -2.34. The largest absolute Gasteiger partial charge is 0.493 e. The number of benzene rings is 1. The van der Waals surface area contributed by atoms with Crippen molar-refractivity contribution < 1.29 is 23.5 Å². The molecule has 2 heterocycles. The van der Waals surface area contributed by atoms with Crippen LogP contribution in [-0.4, -0.2) is 41.5 Å². The van der Waals surface area contributed by atoms with Crippen LogP contribution in [0.15, 0.2) is 53.0 Å². The van der Waals surface area contributed by atoms with E-state index in [-0.39, 0.29) is 5.91 Å². The first-order chi connectivity index (χ1) is 17.0. The highest BCUT2D eigenvalue weighted by molar-refractivity contribution is 5.92. The number of hydrogen-bond donors (Lipinski definition) is 0. The molecule has 1 fully saturated rings. The van der Waals surface area contributed by atoms with Crippen molar-refractivity contribution in [1.82, 2.24) is 9.88 Å². The highest BCUT2D eigenvalue weighted by Crippen LogP contribution is 2.31. The predicted molar refractivity (Wildman–Crippen MR) is 133 cm³/mol. The lowest BCUT2D eigenvalue weighted by atomic mass is 9.93. The minimum absolute atomic E-state index is 0.233. The van der Waals surface area contributed by atoms with Gasteiger partial charge in [0.2, 0.25) is 11.8 Å². The number of fused-ring (bicyclic) bond motifs is 1. The van der Waals surface area contributed by atoms with Crippen LogP contribution in [0.2, 0.25) is 0 Å². The number of amides is 1. The first kappa shape index (κ1) is 24.5. The van der Waals surface area contributed by atoms with Crippen LogP contribution in [0.25, 0.3) is 6.08 Å². The fraction of sp³-hybridized carbons (Fsp3) is 0.393. The summed E-state index contributed by atoms with van der Waals surface area (Å²) in [6.07, 6.45) is 14.4. The van der Waals surface area contributed by atoms with Crippen molar-refractivity contribution in [3.63, 3.8) is 0 Å². The lowest BCUT2D eigenvalue weighted by Crippen LogP contribution is -2.48. The van der Waals surface area contributed by atoms with Crippen LogP contribution < -0.4 is 4.74 Å². The molecule has 0 radical (unpaired) electrons. The van der Waals surface area contributed by atoms with E-state index in [4.69, 9.17) is 13.9 Å². The van der Waals surface area contributed by atoms with E-state index in [2.05, 4.69) is 11.1 Å². The van der Waals surface area contributed by atoms with E-state index in [9.17, 15) is 9.59 Å². The van der Waals surface area contributed by atoms with E-state index in [0.717, 1.165) is 22.6 Å². The summed E-state index contributed by atoms with van der Waals surface area (Å²) < 4.78 is 16.7. The van der Waals surface area contributed by atoms with E-state index >= 15 is 0 Å². The molecule has 1 aromatic carbocycles. The monoisotopic (exact) mass is 476 g/mol. The van der Waals surface area contributed by atoms with Crippen molar-refractivity contribution >= 4 is 18.0 Å². The van der Waals surface area contributed by atoms with Crippen molar-refractivity contribution in [1.29, 1.82) is 0 Å². The van der Waals surface area contributed by atoms with Gasteiger partial charge in [-0.05, 0) is 61.9 Å². The molecule has 1 atom stereocenters. The maximum atomic E-state index is 12.8. The smallest absolute Gasteiger partial charge is 0.328 e. The van der Waals surface area contributed by atoms with Crippen LogP contribution in [0.5, 0.6) is 5.75 Å². The van der Waals surface area contributed by atoms with Gasteiger partial charge in [-0.2, -0.15) is 0 Å². The lowest BCUT2D eigenvalue weighted by molar-refractivity contribution is -0.152. The molecule has 1 aliphatic heterocycles. The molecule has 184 valence electrons. The normalized spacial score (nSPS) is 17.9. The molecular formula is C28H32N2O5. The van der Waals surface area contributed by atoms with Gasteiger partial charge in [0.25, 0.3) is 0 Å². The first-order valence-electron chi connectivity index (χ1n) is 12.1. The number of aromatic nitrogens is 1. The number of aryl methyl sites for hydroxylation is 1. The fourth-order valence-electron chi connectivity index (χ4n) is 4.10. The minimum atomic E-state index is -0.652. The number of ether oxygens (including phenoxy) is 2. The molecule has 7 nitrogen and oxygen atoms in total. The van der Waals surface area contributed by atoms with Gasteiger partial charge in [-0.3, -0.25) is 4.79 Å². The minimum Gasteiger partial charge on any atom is -0.493 e. The van der Waals surface area contributed by atoms with Gasteiger partial charge in [0, 0.05) is 25.5 Å². The third kappa shape index (κ3) is 6.29. The predicted octanol–water partition coefficient (Wildman–Crippen LogP) is 4.59. The molecule has 1 amide bonds. The van der Waals surface area contributed by atoms with E-state index in [1.165, 1.54) is 26.0 Å². The third-order valence-electron chi connectivity index (χ3n) is 6.26. The van der Waals surface area contributed by atoms with Crippen LogP contribution in [0.4, 0.5) is 0 Å². The summed E-state index contributed by atoms with van der Waals surface area (Å²) in [6, 6.07) is 5.15. The number of rotatable bonds is 9. The number of methoxy groups -OCH3 is 1. The molecule has 1 aromatic heterocycles. The van der Waals surface area contributed by atoms with Gasteiger partial charge in [0.1, 0.15) is 17.6 Å². The summed E-state index contributed by atoms with van der Waals surface area (Å²) in [5, 5.41) is 0. The zero-order chi connectivity index (χ0) is 24.8. The summed E-state index contributed by atoms with van der Waals surface area (Å²) in [4.78, 5) is 31.3. The van der Waals surface area contributed by atoms with Crippen molar-refractivity contribution in [2.75, 3.05) is 13.7 Å². The number of carbonyl (C=O) groups is 2. The molecule has 2 aliphatic rings. The van der Waals surface area contributed by atoms with E-state index in [1.807, 2.05) is 44.2 Å². The zero-order valence-corrected chi connectivity index (χ0v) is 20.5. The van der Waals surface area contributed by atoms with Crippen molar-refractivity contribution in [3.8, 4) is 5.75 Å². The Labute approximate surface area is 206 Å². The van der Waals surface area contributed by atoms with Gasteiger partial charge < -0.3 is 18.8 Å². The number of nitrogens with zero attached hydrogens (tertiary/aromatic N) is 2. The van der Waals surface area contributed by atoms with Gasteiger partial charge >= 0.3 is 5.97 Å². The second kappa shape index (κ2) is 11.2. The van der Waals surface area contributed by atoms with Gasteiger partial charge in [-0.25, -0.2) is 9.78 Å². The van der Waals surface area contributed by atoms with Crippen molar-refractivity contribution in [2.24, 2.45) is 5.92 Å². The molecule has 0 bridgehead atoms. The third-order valence-corrected chi connectivity index (χ3v) is 6.26. The van der Waals surface area contributed by atoms with Gasteiger partial charge in [0.05, 0.1) is 19.4 Å². The van der Waals surface area contributed by atoms with E-state index in [1.54, 1.807) is 17.1 Å². The summed E-state index contributed by atoms with van der Waals surface area (Å²) in [7, 11) is 1.34. The van der Waals surface area contributed by atoms with Crippen LogP contribution in [-0.2, 0) is 33.7 Å². The molecule has 0 N–H and O–H groups in total. The Morgan fingerprint density at radius 2 is 2.06 bits per heavy atom. The molecule has 35 heavy (non-hydrogen) atoms. The highest BCUT2D eigenvalue weighted by Gasteiger charge is 2.34. The number of carbonyl (C=O) groups excluding carboxylic acids is 2. The number of hydrogen-bond acceptors (Lipinski definition) is 6. The molecule has 0 unspecified atom stereocenters. The van der Waals surface area contributed by atoms with Crippen LogP contribution in [0.3, 0.4) is 0 Å². The zero-order valence-electron chi connectivity index (χ0n) is 20.5. The summed E-state index contributed by atoms with van der Waals surface area (Å²) >= 11 is 0. The molecule has 1 aliphatic carbocycles. The van der Waals surface area contributed by atoms with Crippen LogP contribution in [0.1, 0.15) is 48.2 Å². The molecule has 2 aromatic rings.